The molecular weight excluding hydrogens is 409 g/mol. The third-order valence-corrected chi connectivity index (χ3v) is 7.13. The molecule has 1 aromatic carbocycles. The van der Waals surface area contributed by atoms with Gasteiger partial charge in [0, 0.05) is 13.1 Å². The van der Waals surface area contributed by atoms with Gasteiger partial charge in [0.15, 0.2) is 0 Å². The Kier molecular flexibility index (Phi) is 11.3. The third-order valence-electron chi connectivity index (χ3n) is 2.81. The molecule has 0 aliphatic rings. The molecule has 0 fully saturated rings. The van der Waals surface area contributed by atoms with Crippen molar-refractivity contribution in [3.05, 3.63) is 23.2 Å². The Morgan fingerprint density at radius 1 is 1.20 bits per heavy atom. The zero-order valence-corrected chi connectivity index (χ0v) is 17.9. The second-order valence-corrected chi connectivity index (χ2v) is 9.55. The lowest BCUT2D eigenvalue weighted by Crippen LogP contribution is -2.30. The van der Waals surface area contributed by atoms with Crippen LogP contribution in [0.5, 0.6) is 5.75 Å². The molecule has 0 bridgehead atoms. The summed E-state index contributed by atoms with van der Waals surface area (Å²) >= 11 is 10.3. The van der Waals surface area contributed by atoms with E-state index in [1.165, 1.54) is 22.5 Å². The van der Waals surface area contributed by atoms with Gasteiger partial charge in [-0.1, -0.05) is 37.3 Å². The Hall–Kier alpha value is -0.250. The average Bonchev–Trinajstić information content (AvgIpc) is 2.48. The van der Waals surface area contributed by atoms with Crippen LogP contribution in [0, 0.1) is 0 Å². The number of phenolic OH excluding ortho intramolecular Hbond substituents is 1. The number of nitrogens with zero attached hydrogens (tertiary/aromatic N) is 1. The van der Waals surface area contributed by atoms with Crippen LogP contribution in [0.3, 0.4) is 0 Å². The normalized spacial score (nSPS) is 12.0. The van der Waals surface area contributed by atoms with E-state index in [2.05, 4.69) is 20.9 Å². The van der Waals surface area contributed by atoms with Crippen LogP contribution < -0.4 is 4.89 Å². The van der Waals surface area contributed by atoms with E-state index in [0.29, 0.717) is 26.3 Å². The third kappa shape index (κ3) is 8.32. The van der Waals surface area contributed by atoms with Crippen molar-refractivity contribution in [3.8, 4) is 5.75 Å². The fourth-order valence-electron chi connectivity index (χ4n) is 1.76. The van der Waals surface area contributed by atoms with Gasteiger partial charge in [-0.2, -0.15) is 4.31 Å². The fourth-order valence-corrected chi connectivity index (χ4v) is 5.07. The van der Waals surface area contributed by atoms with Crippen LogP contribution in [0.15, 0.2) is 23.1 Å². The second kappa shape index (κ2) is 11.5. The first-order valence-electron chi connectivity index (χ1n) is 7.64. The molecule has 0 aromatic heterocycles. The van der Waals surface area contributed by atoms with Crippen molar-refractivity contribution in [1.29, 1.82) is 0 Å². The van der Waals surface area contributed by atoms with Crippen LogP contribution in [0.2, 0.25) is 5.02 Å². The molecule has 1 rings (SSSR count). The van der Waals surface area contributed by atoms with E-state index in [-0.39, 0.29) is 15.7 Å². The predicted octanol–water partition coefficient (Wildman–Crippen LogP) is 2.72. The summed E-state index contributed by atoms with van der Waals surface area (Å²) in [6.07, 6.45) is 0. The Morgan fingerprint density at radius 3 is 2.04 bits per heavy atom. The largest absolute Gasteiger partial charge is 0.780 e. The van der Waals surface area contributed by atoms with Crippen LogP contribution >= 0.6 is 18.3 Å². The van der Waals surface area contributed by atoms with Gasteiger partial charge in [-0.25, -0.2) is 8.42 Å². The summed E-state index contributed by atoms with van der Waals surface area (Å²) in [4.78, 5) is 10.8. The van der Waals surface area contributed by atoms with Crippen LogP contribution in [-0.2, 0) is 30.9 Å². The molecule has 0 aliphatic heterocycles. The van der Waals surface area contributed by atoms with Crippen molar-refractivity contribution in [2.24, 2.45) is 0 Å². The molecule has 0 saturated heterocycles. The van der Waals surface area contributed by atoms with E-state index < -0.39 is 16.7 Å². The predicted molar refractivity (Wildman–Crippen MR) is 101 cm³/mol. The van der Waals surface area contributed by atoms with Crippen molar-refractivity contribution >= 4 is 40.1 Å². The minimum absolute atomic E-state index is 0.0238. The van der Waals surface area contributed by atoms with Gasteiger partial charge in [-0.05, 0) is 32.0 Å². The number of rotatable bonds is 8. The van der Waals surface area contributed by atoms with Crippen molar-refractivity contribution in [1.82, 2.24) is 4.31 Å². The maximum atomic E-state index is 12.1. The standard InChI is InChI=1S/C10H14ClNO3S.C4H11O3PS/c1-3-12(4-2)16(14,15)10-6-5-8(13)7-9(10)11;1-3-6-8(5,9)7-4-2/h5-7,13H,3-4H2,1-2H3;3-4H2,1-2H3,(H,5,9)/p-1. The lowest BCUT2D eigenvalue weighted by atomic mass is 10.3. The summed E-state index contributed by atoms with van der Waals surface area (Å²) in [6, 6.07) is 3.84. The van der Waals surface area contributed by atoms with Crippen LogP contribution in [0.25, 0.3) is 0 Å². The number of halogens is 1. The summed E-state index contributed by atoms with van der Waals surface area (Å²) in [5, 5.41) is 9.20. The smallest absolute Gasteiger partial charge is 0.244 e. The highest BCUT2D eigenvalue weighted by Gasteiger charge is 2.24. The molecule has 11 heteroatoms. The SMILES string of the molecule is CCN(CC)S(=O)(=O)c1ccc(O)cc1Cl.CCOP([O-])(=S)OCC. The highest BCUT2D eigenvalue weighted by atomic mass is 35.5. The average molecular weight is 433 g/mol. The zero-order valence-electron chi connectivity index (χ0n) is 14.6. The number of aromatic hydroxyl groups is 1. The Morgan fingerprint density at radius 2 is 1.68 bits per heavy atom. The highest BCUT2D eigenvalue weighted by molar-refractivity contribution is 8.06. The first-order chi connectivity index (χ1) is 11.6. The van der Waals surface area contributed by atoms with Crippen molar-refractivity contribution < 1.29 is 27.5 Å². The highest BCUT2D eigenvalue weighted by Crippen LogP contribution is 2.37. The van der Waals surface area contributed by atoms with Gasteiger partial charge in [-0.3, -0.25) is 0 Å². The van der Waals surface area contributed by atoms with Gasteiger partial charge in [-0.15, -0.1) is 0 Å². The molecule has 0 heterocycles. The molecule has 0 unspecified atom stereocenters. The first-order valence-corrected chi connectivity index (χ1v) is 12.0. The van der Waals surface area contributed by atoms with E-state index >= 15 is 0 Å². The molecule has 1 aromatic rings. The number of benzene rings is 1. The number of phenols is 1. The number of hydrogen-bond donors (Lipinski definition) is 1. The molecule has 0 radical (unpaired) electrons. The monoisotopic (exact) mass is 432 g/mol. The van der Waals surface area contributed by atoms with Crippen LogP contribution in [0.1, 0.15) is 27.7 Å². The van der Waals surface area contributed by atoms with E-state index in [9.17, 15) is 13.3 Å². The second-order valence-electron chi connectivity index (χ2n) is 4.49. The van der Waals surface area contributed by atoms with Gasteiger partial charge in [0.05, 0.1) is 18.2 Å². The maximum absolute atomic E-state index is 12.1. The van der Waals surface area contributed by atoms with Gasteiger partial charge >= 0.3 is 0 Å². The van der Waals surface area contributed by atoms with E-state index in [1.807, 2.05) is 0 Å². The topological polar surface area (TPSA) is 99.1 Å². The fraction of sp³-hybridized carbons (Fsp3) is 0.571. The lowest BCUT2D eigenvalue weighted by molar-refractivity contribution is -0.205. The Balaban J connectivity index is 0.000000547. The van der Waals surface area contributed by atoms with Gasteiger partial charge in [0.2, 0.25) is 10.0 Å². The van der Waals surface area contributed by atoms with E-state index in [1.54, 1.807) is 27.7 Å². The lowest BCUT2D eigenvalue weighted by Gasteiger charge is -2.25. The molecular formula is C14H24ClNO6PS2-. The molecule has 0 saturated carbocycles. The molecule has 25 heavy (non-hydrogen) atoms. The minimum atomic E-state index is -3.56. The quantitative estimate of drug-likeness (QED) is 0.630. The van der Waals surface area contributed by atoms with Crippen molar-refractivity contribution in [3.63, 3.8) is 0 Å². The van der Waals surface area contributed by atoms with Crippen LogP contribution in [-0.4, -0.2) is 44.1 Å². The summed E-state index contributed by atoms with van der Waals surface area (Å²) < 4.78 is 34.7. The molecule has 146 valence electrons. The van der Waals surface area contributed by atoms with Gasteiger partial charge < -0.3 is 19.0 Å². The summed E-state index contributed by atoms with van der Waals surface area (Å²) in [5.74, 6) is -0.0523. The van der Waals surface area contributed by atoms with E-state index in [0.717, 1.165) is 0 Å². The molecule has 7 nitrogen and oxygen atoms in total. The Labute approximate surface area is 159 Å². The van der Waals surface area contributed by atoms with Crippen LogP contribution in [0.4, 0.5) is 0 Å². The number of hydrogen-bond acceptors (Lipinski definition) is 7. The molecule has 1 N–H and O–H groups in total. The van der Waals surface area contributed by atoms with E-state index in [4.69, 9.17) is 16.7 Å². The minimum Gasteiger partial charge on any atom is -0.780 e. The zero-order chi connectivity index (χ0) is 19.7. The number of sulfonamides is 1. The molecule has 0 amide bonds. The Bertz CT molecular complexity index is 672. The molecule has 0 aliphatic carbocycles. The summed E-state index contributed by atoms with van der Waals surface area (Å²) in [5.41, 5.74) is 0. The molecule has 0 atom stereocenters. The molecule has 0 spiro atoms. The van der Waals surface area contributed by atoms with Gasteiger partial charge in [0.25, 0.3) is 0 Å². The van der Waals surface area contributed by atoms with Crippen molar-refractivity contribution in [2.45, 2.75) is 32.6 Å². The summed E-state index contributed by atoms with van der Waals surface area (Å²) in [7, 11) is -3.56. The maximum Gasteiger partial charge on any atom is 0.244 e. The van der Waals surface area contributed by atoms with Crippen molar-refractivity contribution in [2.75, 3.05) is 26.3 Å². The first kappa shape index (κ1) is 24.8. The summed E-state index contributed by atoms with van der Waals surface area (Å²) in [6.45, 7) is 5.29. The van der Waals surface area contributed by atoms with Gasteiger partial charge in [0.1, 0.15) is 17.4 Å².